The molecule has 0 aliphatic heterocycles. The summed E-state index contributed by atoms with van der Waals surface area (Å²) in [5, 5.41) is 12.7. The number of aliphatic hydroxyl groups is 1. The number of aliphatic hydroxyl groups excluding tert-OH is 1. The molecule has 2 atom stereocenters. The van der Waals surface area contributed by atoms with E-state index in [1.807, 2.05) is 48.5 Å². The van der Waals surface area contributed by atoms with Crippen molar-refractivity contribution < 1.29 is 14.6 Å². The Labute approximate surface area is 143 Å². The maximum Gasteiger partial charge on any atom is 0.251 e. The summed E-state index contributed by atoms with van der Waals surface area (Å²) >= 11 is 0. The van der Waals surface area contributed by atoms with Gasteiger partial charge in [0, 0.05) is 25.1 Å². The summed E-state index contributed by atoms with van der Waals surface area (Å²) in [6, 6.07) is 17.4. The third kappa shape index (κ3) is 5.48. The SMILES string of the molecule is COCc1cccc(C(=O)NCC(CC(C)O)c2ccccc2)c1. The molecule has 0 saturated heterocycles. The molecule has 0 bridgehead atoms. The second-order valence-electron chi connectivity index (χ2n) is 6.04. The summed E-state index contributed by atoms with van der Waals surface area (Å²) in [6.45, 7) is 2.74. The van der Waals surface area contributed by atoms with Crippen molar-refractivity contribution in [2.75, 3.05) is 13.7 Å². The minimum atomic E-state index is -0.419. The van der Waals surface area contributed by atoms with Crippen molar-refractivity contribution in [3.8, 4) is 0 Å². The number of hydrogen-bond donors (Lipinski definition) is 2. The van der Waals surface area contributed by atoms with Gasteiger partial charge in [-0.25, -0.2) is 0 Å². The van der Waals surface area contributed by atoms with Crippen molar-refractivity contribution in [3.05, 3.63) is 71.3 Å². The van der Waals surface area contributed by atoms with Gasteiger partial charge < -0.3 is 15.2 Å². The second kappa shape index (κ2) is 9.21. The molecule has 0 fully saturated rings. The highest BCUT2D eigenvalue weighted by atomic mass is 16.5. The van der Waals surface area contributed by atoms with E-state index in [4.69, 9.17) is 4.74 Å². The fourth-order valence-corrected chi connectivity index (χ4v) is 2.76. The van der Waals surface area contributed by atoms with Gasteiger partial charge in [0.2, 0.25) is 0 Å². The fourth-order valence-electron chi connectivity index (χ4n) is 2.76. The summed E-state index contributed by atoms with van der Waals surface area (Å²) in [5.41, 5.74) is 2.70. The van der Waals surface area contributed by atoms with Gasteiger partial charge in [-0.3, -0.25) is 4.79 Å². The average molecular weight is 327 g/mol. The van der Waals surface area contributed by atoms with E-state index in [-0.39, 0.29) is 11.8 Å². The predicted octanol–water partition coefficient (Wildman–Crippen LogP) is 3.12. The number of ether oxygens (including phenoxy) is 1. The lowest BCUT2D eigenvalue weighted by Crippen LogP contribution is -2.29. The van der Waals surface area contributed by atoms with E-state index >= 15 is 0 Å². The summed E-state index contributed by atoms with van der Waals surface area (Å²) in [6.07, 6.45) is 0.186. The quantitative estimate of drug-likeness (QED) is 0.783. The highest BCUT2D eigenvalue weighted by molar-refractivity contribution is 5.94. The summed E-state index contributed by atoms with van der Waals surface area (Å²) in [7, 11) is 1.63. The van der Waals surface area contributed by atoms with Crippen molar-refractivity contribution in [3.63, 3.8) is 0 Å². The molecule has 0 radical (unpaired) electrons. The number of amides is 1. The Morgan fingerprint density at radius 3 is 2.58 bits per heavy atom. The number of carbonyl (C=O) groups is 1. The zero-order valence-electron chi connectivity index (χ0n) is 14.2. The number of hydrogen-bond acceptors (Lipinski definition) is 3. The molecule has 0 saturated carbocycles. The first-order chi connectivity index (χ1) is 11.6. The van der Waals surface area contributed by atoms with Crippen LogP contribution in [0.25, 0.3) is 0 Å². The van der Waals surface area contributed by atoms with E-state index in [0.29, 0.717) is 25.1 Å². The Hall–Kier alpha value is -2.17. The standard InChI is InChI=1S/C20H25NO3/c1-15(22)11-19(17-8-4-3-5-9-17)13-21-20(23)18-10-6-7-16(12-18)14-24-2/h3-10,12,15,19,22H,11,13-14H2,1-2H3,(H,21,23). The van der Waals surface area contributed by atoms with Gasteiger partial charge in [0.15, 0.2) is 0 Å². The van der Waals surface area contributed by atoms with Gasteiger partial charge >= 0.3 is 0 Å². The van der Waals surface area contributed by atoms with Gasteiger partial charge in [-0.1, -0.05) is 42.5 Å². The van der Waals surface area contributed by atoms with Gasteiger partial charge in [-0.15, -0.1) is 0 Å². The molecule has 2 N–H and O–H groups in total. The lowest BCUT2D eigenvalue weighted by molar-refractivity contribution is 0.0945. The molecule has 128 valence electrons. The Kier molecular flexibility index (Phi) is 6.97. The maximum atomic E-state index is 12.4. The normalized spacial score (nSPS) is 13.3. The van der Waals surface area contributed by atoms with E-state index in [1.165, 1.54) is 0 Å². The Balaban J connectivity index is 2.03. The molecule has 0 heterocycles. The van der Waals surface area contributed by atoms with Crippen molar-refractivity contribution in [2.45, 2.75) is 32.0 Å². The zero-order valence-corrected chi connectivity index (χ0v) is 14.2. The van der Waals surface area contributed by atoms with Crippen LogP contribution >= 0.6 is 0 Å². The topological polar surface area (TPSA) is 58.6 Å². The number of methoxy groups -OCH3 is 1. The molecule has 2 unspecified atom stereocenters. The van der Waals surface area contributed by atoms with Crippen LogP contribution in [-0.2, 0) is 11.3 Å². The molecule has 4 heteroatoms. The second-order valence-corrected chi connectivity index (χ2v) is 6.04. The molecule has 0 aliphatic rings. The molecular formula is C20H25NO3. The number of nitrogens with one attached hydrogen (secondary N) is 1. The van der Waals surface area contributed by atoms with Crippen LogP contribution in [0, 0.1) is 0 Å². The van der Waals surface area contributed by atoms with Crippen LogP contribution in [0.3, 0.4) is 0 Å². The largest absolute Gasteiger partial charge is 0.393 e. The summed E-state index contributed by atoms with van der Waals surface area (Å²) in [4.78, 5) is 12.4. The van der Waals surface area contributed by atoms with E-state index in [9.17, 15) is 9.90 Å². The van der Waals surface area contributed by atoms with E-state index in [0.717, 1.165) is 11.1 Å². The van der Waals surface area contributed by atoms with Crippen molar-refractivity contribution in [1.29, 1.82) is 0 Å². The van der Waals surface area contributed by atoms with E-state index in [1.54, 1.807) is 20.1 Å². The van der Waals surface area contributed by atoms with Crippen LogP contribution < -0.4 is 5.32 Å². The Morgan fingerprint density at radius 1 is 1.17 bits per heavy atom. The molecule has 2 aromatic carbocycles. The Bertz CT molecular complexity index is 640. The van der Waals surface area contributed by atoms with Gasteiger partial charge in [0.25, 0.3) is 5.91 Å². The minimum absolute atomic E-state index is 0.0808. The first-order valence-electron chi connectivity index (χ1n) is 8.19. The highest BCUT2D eigenvalue weighted by Gasteiger charge is 2.16. The van der Waals surface area contributed by atoms with Crippen LogP contribution in [0.2, 0.25) is 0 Å². The summed E-state index contributed by atoms with van der Waals surface area (Å²) in [5.74, 6) is -0.0308. The van der Waals surface area contributed by atoms with Crippen molar-refractivity contribution in [2.24, 2.45) is 0 Å². The van der Waals surface area contributed by atoms with E-state index < -0.39 is 6.10 Å². The van der Waals surface area contributed by atoms with Crippen LogP contribution in [0.1, 0.15) is 40.7 Å². The van der Waals surface area contributed by atoms with Gasteiger partial charge in [0.05, 0.1) is 12.7 Å². The minimum Gasteiger partial charge on any atom is -0.393 e. The van der Waals surface area contributed by atoms with Gasteiger partial charge in [0.1, 0.15) is 0 Å². The van der Waals surface area contributed by atoms with Crippen LogP contribution in [0.5, 0.6) is 0 Å². The summed E-state index contributed by atoms with van der Waals surface area (Å²) < 4.78 is 5.10. The molecule has 1 amide bonds. The molecule has 0 aromatic heterocycles. The molecular weight excluding hydrogens is 302 g/mol. The monoisotopic (exact) mass is 327 g/mol. The fraction of sp³-hybridized carbons (Fsp3) is 0.350. The number of benzene rings is 2. The molecule has 0 spiro atoms. The molecule has 2 aromatic rings. The third-order valence-electron chi connectivity index (χ3n) is 3.91. The highest BCUT2D eigenvalue weighted by Crippen LogP contribution is 2.20. The lowest BCUT2D eigenvalue weighted by Gasteiger charge is -2.19. The number of rotatable bonds is 8. The van der Waals surface area contributed by atoms with Crippen LogP contribution in [0.15, 0.2) is 54.6 Å². The smallest absolute Gasteiger partial charge is 0.251 e. The molecule has 24 heavy (non-hydrogen) atoms. The maximum absolute atomic E-state index is 12.4. The third-order valence-corrected chi connectivity index (χ3v) is 3.91. The molecule has 4 nitrogen and oxygen atoms in total. The first kappa shape index (κ1) is 18.2. The first-order valence-corrected chi connectivity index (χ1v) is 8.19. The molecule has 0 aliphatic carbocycles. The van der Waals surface area contributed by atoms with Crippen molar-refractivity contribution in [1.82, 2.24) is 5.32 Å². The van der Waals surface area contributed by atoms with E-state index in [2.05, 4.69) is 5.32 Å². The number of carbonyl (C=O) groups excluding carboxylic acids is 1. The Morgan fingerprint density at radius 2 is 1.92 bits per heavy atom. The van der Waals surface area contributed by atoms with Crippen molar-refractivity contribution >= 4 is 5.91 Å². The lowest BCUT2D eigenvalue weighted by atomic mass is 9.93. The predicted molar refractivity (Wildman–Crippen MR) is 95.0 cm³/mol. The van der Waals surface area contributed by atoms with Gasteiger partial charge in [-0.05, 0) is 36.6 Å². The van der Waals surface area contributed by atoms with Gasteiger partial charge in [-0.2, -0.15) is 0 Å². The average Bonchev–Trinajstić information content (AvgIpc) is 2.59. The molecule has 2 rings (SSSR count). The van der Waals surface area contributed by atoms with Crippen LogP contribution in [-0.4, -0.2) is 30.8 Å². The van der Waals surface area contributed by atoms with Crippen LogP contribution in [0.4, 0.5) is 0 Å². The zero-order chi connectivity index (χ0) is 17.4.